The van der Waals surface area contributed by atoms with Crippen molar-refractivity contribution >= 4 is 5.69 Å². The summed E-state index contributed by atoms with van der Waals surface area (Å²) < 4.78 is 10.8. The molecule has 1 fully saturated rings. The summed E-state index contributed by atoms with van der Waals surface area (Å²) in [5.74, 6) is 0.632. The number of ether oxygens (including phenoxy) is 2. The van der Waals surface area contributed by atoms with Gasteiger partial charge in [0.05, 0.1) is 24.6 Å². The van der Waals surface area contributed by atoms with E-state index < -0.39 is 0 Å². The number of hydrogen-bond acceptors (Lipinski definition) is 4. The Balaban J connectivity index is 2.05. The normalized spacial score (nSPS) is 21.1. The van der Waals surface area contributed by atoms with E-state index in [0.29, 0.717) is 18.2 Å². The van der Waals surface area contributed by atoms with Gasteiger partial charge in [0.2, 0.25) is 5.88 Å². The van der Waals surface area contributed by atoms with Gasteiger partial charge in [-0.15, -0.1) is 0 Å². The quantitative estimate of drug-likeness (QED) is 0.767. The van der Waals surface area contributed by atoms with Crippen molar-refractivity contribution in [2.75, 3.05) is 18.9 Å². The molecule has 2 rings (SSSR count). The lowest BCUT2D eigenvalue weighted by Gasteiger charge is -2.11. The summed E-state index contributed by atoms with van der Waals surface area (Å²) in [6.45, 7) is 3.30. The first-order chi connectivity index (χ1) is 6.75. The van der Waals surface area contributed by atoms with E-state index in [9.17, 15) is 0 Å². The van der Waals surface area contributed by atoms with Gasteiger partial charge >= 0.3 is 0 Å². The first-order valence-electron chi connectivity index (χ1n) is 4.73. The Bertz CT molecular complexity index is 322. The second kappa shape index (κ2) is 3.84. The van der Waals surface area contributed by atoms with Gasteiger partial charge in [-0.1, -0.05) is 0 Å². The summed E-state index contributed by atoms with van der Waals surface area (Å²) in [6, 6.07) is 3.61. The Hall–Kier alpha value is -1.29. The number of rotatable bonds is 2. The molecule has 4 heteroatoms. The molecule has 1 aromatic heterocycles. The number of nitrogens with two attached hydrogens (primary N) is 1. The average molecular weight is 194 g/mol. The third-order valence-electron chi connectivity index (χ3n) is 2.28. The largest absolute Gasteiger partial charge is 0.472 e. The molecule has 2 N–H and O–H groups in total. The lowest BCUT2D eigenvalue weighted by atomic mass is 10.3. The average Bonchev–Trinajstić information content (AvgIpc) is 2.64. The number of pyridine rings is 1. The molecule has 0 amide bonds. The van der Waals surface area contributed by atoms with Gasteiger partial charge < -0.3 is 15.2 Å². The molecular formula is C10H14N2O2. The van der Waals surface area contributed by atoms with Crippen molar-refractivity contribution in [1.82, 2.24) is 4.98 Å². The van der Waals surface area contributed by atoms with Gasteiger partial charge in [0.25, 0.3) is 0 Å². The van der Waals surface area contributed by atoms with E-state index in [0.717, 1.165) is 18.7 Å². The Morgan fingerprint density at radius 3 is 3.07 bits per heavy atom. The van der Waals surface area contributed by atoms with Crippen molar-refractivity contribution in [3.05, 3.63) is 17.8 Å². The predicted octanol–water partition coefficient (Wildman–Crippen LogP) is 1.14. The zero-order chi connectivity index (χ0) is 9.97. The monoisotopic (exact) mass is 194 g/mol. The third-order valence-corrected chi connectivity index (χ3v) is 2.28. The van der Waals surface area contributed by atoms with Crippen LogP contribution in [0.4, 0.5) is 5.69 Å². The number of anilines is 1. The van der Waals surface area contributed by atoms with Crippen LogP contribution in [0.3, 0.4) is 0 Å². The summed E-state index contributed by atoms with van der Waals surface area (Å²) >= 11 is 0. The molecule has 1 aliphatic rings. The molecule has 1 aliphatic heterocycles. The SMILES string of the molecule is Cc1nc(OC2CCOC2)ccc1N. The molecule has 4 nitrogen and oxygen atoms in total. The zero-order valence-corrected chi connectivity index (χ0v) is 8.19. The molecule has 14 heavy (non-hydrogen) atoms. The van der Waals surface area contributed by atoms with Crippen LogP contribution < -0.4 is 10.5 Å². The van der Waals surface area contributed by atoms with Crippen molar-refractivity contribution in [3.63, 3.8) is 0 Å². The first kappa shape index (κ1) is 9.27. The molecule has 0 bridgehead atoms. The molecule has 1 unspecified atom stereocenters. The molecule has 1 saturated heterocycles. The Labute approximate surface area is 83.0 Å². The molecule has 1 atom stereocenters. The fourth-order valence-corrected chi connectivity index (χ4v) is 1.39. The summed E-state index contributed by atoms with van der Waals surface area (Å²) in [5, 5.41) is 0. The maximum Gasteiger partial charge on any atom is 0.213 e. The van der Waals surface area contributed by atoms with Crippen LogP contribution in [0, 0.1) is 6.92 Å². The minimum atomic E-state index is 0.144. The van der Waals surface area contributed by atoms with Gasteiger partial charge in [-0.05, 0) is 13.0 Å². The molecular weight excluding hydrogens is 180 g/mol. The lowest BCUT2D eigenvalue weighted by molar-refractivity contribution is 0.138. The van der Waals surface area contributed by atoms with Crippen molar-refractivity contribution in [3.8, 4) is 5.88 Å². The fraction of sp³-hybridized carbons (Fsp3) is 0.500. The van der Waals surface area contributed by atoms with Crippen LogP contribution >= 0.6 is 0 Å². The standard InChI is InChI=1S/C10H14N2O2/c1-7-9(11)2-3-10(12-7)14-8-4-5-13-6-8/h2-3,8H,4-6,11H2,1H3. The van der Waals surface area contributed by atoms with Crippen molar-refractivity contribution in [2.45, 2.75) is 19.4 Å². The molecule has 0 aliphatic carbocycles. The minimum Gasteiger partial charge on any atom is -0.472 e. The van der Waals surface area contributed by atoms with Gasteiger partial charge in [0.1, 0.15) is 6.10 Å². The molecule has 76 valence electrons. The van der Waals surface area contributed by atoms with E-state index in [4.69, 9.17) is 15.2 Å². The van der Waals surface area contributed by atoms with E-state index in [2.05, 4.69) is 4.98 Å². The van der Waals surface area contributed by atoms with Crippen LogP contribution in [0.15, 0.2) is 12.1 Å². The van der Waals surface area contributed by atoms with Crippen LogP contribution in [0.5, 0.6) is 5.88 Å². The number of hydrogen-bond donors (Lipinski definition) is 1. The Kier molecular flexibility index (Phi) is 2.54. The molecule has 0 saturated carbocycles. The highest BCUT2D eigenvalue weighted by Gasteiger charge is 2.17. The summed E-state index contributed by atoms with van der Waals surface area (Å²) in [5.41, 5.74) is 7.16. The molecule has 1 aromatic rings. The van der Waals surface area contributed by atoms with Crippen molar-refractivity contribution < 1.29 is 9.47 Å². The van der Waals surface area contributed by atoms with Gasteiger partial charge in [-0.2, -0.15) is 0 Å². The maximum atomic E-state index is 5.65. The number of aromatic nitrogens is 1. The summed E-state index contributed by atoms with van der Waals surface area (Å²) in [4.78, 5) is 4.23. The van der Waals surface area contributed by atoms with Crippen LogP contribution in [-0.4, -0.2) is 24.3 Å². The Morgan fingerprint density at radius 1 is 1.57 bits per heavy atom. The number of nitrogen functional groups attached to an aromatic ring is 1. The van der Waals surface area contributed by atoms with Crippen molar-refractivity contribution in [1.29, 1.82) is 0 Å². The summed E-state index contributed by atoms with van der Waals surface area (Å²) in [6.07, 6.45) is 1.08. The Morgan fingerprint density at radius 2 is 2.43 bits per heavy atom. The van der Waals surface area contributed by atoms with E-state index in [1.54, 1.807) is 6.07 Å². The van der Waals surface area contributed by atoms with Gasteiger partial charge in [-0.25, -0.2) is 4.98 Å². The zero-order valence-electron chi connectivity index (χ0n) is 8.19. The van der Waals surface area contributed by atoms with Gasteiger partial charge in [-0.3, -0.25) is 0 Å². The highest BCUT2D eigenvalue weighted by atomic mass is 16.5. The van der Waals surface area contributed by atoms with E-state index in [1.807, 2.05) is 13.0 Å². The van der Waals surface area contributed by atoms with Crippen molar-refractivity contribution in [2.24, 2.45) is 0 Å². The maximum absolute atomic E-state index is 5.65. The number of aryl methyl sites for hydroxylation is 1. The highest BCUT2D eigenvalue weighted by molar-refractivity contribution is 5.43. The molecule has 0 radical (unpaired) electrons. The second-order valence-electron chi connectivity index (χ2n) is 3.43. The second-order valence-corrected chi connectivity index (χ2v) is 3.43. The first-order valence-corrected chi connectivity index (χ1v) is 4.73. The van der Waals surface area contributed by atoms with Crippen LogP contribution in [0.1, 0.15) is 12.1 Å². The third kappa shape index (κ3) is 1.96. The smallest absolute Gasteiger partial charge is 0.213 e. The van der Waals surface area contributed by atoms with Gasteiger partial charge in [0, 0.05) is 12.5 Å². The van der Waals surface area contributed by atoms with Crippen LogP contribution in [0.2, 0.25) is 0 Å². The van der Waals surface area contributed by atoms with Gasteiger partial charge in [0.15, 0.2) is 0 Å². The minimum absolute atomic E-state index is 0.144. The molecule has 2 heterocycles. The lowest BCUT2D eigenvalue weighted by Crippen LogP contribution is -2.16. The predicted molar refractivity (Wildman–Crippen MR) is 53.2 cm³/mol. The highest BCUT2D eigenvalue weighted by Crippen LogP contribution is 2.17. The topological polar surface area (TPSA) is 57.4 Å². The van der Waals surface area contributed by atoms with E-state index in [-0.39, 0.29) is 6.10 Å². The summed E-state index contributed by atoms with van der Waals surface area (Å²) in [7, 11) is 0. The van der Waals surface area contributed by atoms with Crippen LogP contribution in [0.25, 0.3) is 0 Å². The van der Waals surface area contributed by atoms with E-state index in [1.165, 1.54) is 0 Å². The molecule has 0 aromatic carbocycles. The molecule has 0 spiro atoms. The van der Waals surface area contributed by atoms with E-state index >= 15 is 0 Å². The van der Waals surface area contributed by atoms with Crippen LogP contribution in [-0.2, 0) is 4.74 Å². The fourth-order valence-electron chi connectivity index (χ4n) is 1.39. The number of nitrogens with zero attached hydrogens (tertiary/aromatic N) is 1.